The number of carbonyl (C=O) groups is 2. The number of amides is 2. The summed E-state index contributed by atoms with van der Waals surface area (Å²) in [7, 11) is 5.41. The van der Waals surface area contributed by atoms with E-state index in [1.54, 1.807) is 12.0 Å². The molecule has 164 valence electrons. The summed E-state index contributed by atoms with van der Waals surface area (Å²) in [5.74, 6) is 1.49. The van der Waals surface area contributed by atoms with Crippen LogP contribution >= 0.6 is 0 Å². The molecule has 0 bridgehead atoms. The number of hydrogen-bond acceptors (Lipinski definition) is 4. The Labute approximate surface area is 180 Å². The van der Waals surface area contributed by atoms with Crippen LogP contribution in [-0.4, -0.2) is 80.4 Å². The van der Waals surface area contributed by atoms with Crippen LogP contribution in [-0.2, 0) is 4.79 Å². The summed E-state index contributed by atoms with van der Waals surface area (Å²) in [5, 5.41) is 0. The molecule has 6 nitrogen and oxygen atoms in total. The van der Waals surface area contributed by atoms with Crippen LogP contribution in [0.4, 0.5) is 0 Å². The standard InChI is InChI=1S/C24H35N3O3/c1-5-26-16-20-23(9-10-24(20,17-26)22(29)25(2)3)11-13-27(14-12-23)21(28)18-7-6-8-19(15-18)30-4/h6-8,15,20H,5,9-14,16-17H2,1-4H3/t20-,24+/m0/s1. The molecule has 2 aliphatic heterocycles. The highest BCUT2D eigenvalue weighted by molar-refractivity contribution is 5.94. The number of benzene rings is 1. The molecule has 1 spiro atoms. The van der Waals surface area contributed by atoms with Crippen LogP contribution in [0.15, 0.2) is 24.3 Å². The molecule has 4 rings (SSSR count). The van der Waals surface area contributed by atoms with E-state index in [9.17, 15) is 9.59 Å². The molecule has 1 aromatic carbocycles. The van der Waals surface area contributed by atoms with Crippen LogP contribution in [0.1, 0.15) is 43.0 Å². The quantitative estimate of drug-likeness (QED) is 0.762. The lowest BCUT2D eigenvalue weighted by Gasteiger charge is -2.44. The van der Waals surface area contributed by atoms with Crippen molar-refractivity contribution in [2.45, 2.75) is 32.6 Å². The first-order valence-corrected chi connectivity index (χ1v) is 11.2. The van der Waals surface area contributed by atoms with Gasteiger partial charge in [0, 0.05) is 45.8 Å². The third kappa shape index (κ3) is 3.29. The van der Waals surface area contributed by atoms with E-state index in [-0.39, 0.29) is 16.7 Å². The predicted molar refractivity (Wildman–Crippen MR) is 117 cm³/mol. The van der Waals surface area contributed by atoms with Gasteiger partial charge >= 0.3 is 0 Å². The Balaban J connectivity index is 1.51. The monoisotopic (exact) mass is 413 g/mol. The van der Waals surface area contributed by atoms with Crippen LogP contribution < -0.4 is 4.74 Å². The summed E-state index contributed by atoms with van der Waals surface area (Å²) in [4.78, 5) is 32.6. The number of rotatable bonds is 4. The van der Waals surface area contributed by atoms with Crippen LogP contribution in [0, 0.1) is 16.7 Å². The van der Waals surface area contributed by atoms with Crippen LogP contribution in [0.2, 0.25) is 0 Å². The number of likely N-dealkylation sites (tertiary alicyclic amines) is 2. The lowest BCUT2D eigenvalue weighted by molar-refractivity contribution is -0.141. The van der Waals surface area contributed by atoms with Gasteiger partial charge in [-0.15, -0.1) is 0 Å². The first-order valence-electron chi connectivity index (χ1n) is 11.2. The highest BCUT2D eigenvalue weighted by Crippen LogP contribution is 2.62. The first kappa shape index (κ1) is 21.2. The topological polar surface area (TPSA) is 53.1 Å². The van der Waals surface area contributed by atoms with Crippen LogP contribution in [0.25, 0.3) is 0 Å². The minimum Gasteiger partial charge on any atom is -0.497 e. The number of methoxy groups -OCH3 is 1. The number of piperidine rings is 1. The molecule has 1 saturated carbocycles. The van der Waals surface area contributed by atoms with Gasteiger partial charge in [0.1, 0.15) is 5.75 Å². The molecule has 2 heterocycles. The van der Waals surface area contributed by atoms with Crippen LogP contribution in [0.5, 0.6) is 5.75 Å². The van der Waals surface area contributed by atoms with Crippen molar-refractivity contribution in [2.75, 3.05) is 53.9 Å². The zero-order chi connectivity index (χ0) is 21.5. The van der Waals surface area contributed by atoms with E-state index in [2.05, 4.69) is 11.8 Å². The summed E-state index contributed by atoms with van der Waals surface area (Å²) >= 11 is 0. The van der Waals surface area contributed by atoms with Crippen molar-refractivity contribution in [2.24, 2.45) is 16.7 Å². The average Bonchev–Trinajstić information content (AvgIpc) is 3.30. The molecule has 0 unspecified atom stereocenters. The molecule has 0 radical (unpaired) electrons. The van der Waals surface area contributed by atoms with Crippen molar-refractivity contribution in [3.8, 4) is 5.75 Å². The Morgan fingerprint density at radius 3 is 2.53 bits per heavy atom. The zero-order valence-electron chi connectivity index (χ0n) is 18.8. The van der Waals surface area contributed by atoms with Gasteiger partial charge in [-0.25, -0.2) is 0 Å². The Kier molecular flexibility index (Phi) is 5.56. The first-order chi connectivity index (χ1) is 14.3. The molecule has 3 aliphatic rings. The summed E-state index contributed by atoms with van der Waals surface area (Å²) in [5.41, 5.74) is 0.631. The molecule has 30 heavy (non-hydrogen) atoms. The van der Waals surface area contributed by atoms with Crippen molar-refractivity contribution in [1.29, 1.82) is 0 Å². The Morgan fingerprint density at radius 2 is 1.90 bits per heavy atom. The van der Waals surface area contributed by atoms with Crippen molar-refractivity contribution in [1.82, 2.24) is 14.7 Å². The van der Waals surface area contributed by atoms with E-state index < -0.39 is 0 Å². The Bertz CT molecular complexity index is 816. The molecule has 2 saturated heterocycles. The molecule has 0 N–H and O–H groups in total. The minimum atomic E-state index is -0.238. The Hall–Kier alpha value is -2.08. The summed E-state index contributed by atoms with van der Waals surface area (Å²) in [6, 6.07) is 7.41. The molecule has 3 fully saturated rings. The predicted octanol–water partition coefficient (Wildman–Crippen LogP) is 2.74. The average molecular weight is 414 g/mol. The van der Waals surface area contributed by atoms with Gasteiger partial charge in [-0.1, -0.05) is 13.0 Å². The lowest BCUT2D eigenvalue weighted by Crippen LogP contribution is -2.49. The van der Waals surface area contributed by atoms with Gasteiger partial charge in [-0.05, 0) is 61.8 Å². The summed E-state index contributed by atoms with van der Waals surface area (Å²) < 4.78 is 5.28. The highest BCUT2D eigenvalue weighted by atomic mass is 16.5. The molecular formula is C24H35N3O3. The second-order valence-electron chi connectivity index (χ2n) is 9.62. The number of fused-ring (bicyclic) bond motifs is 2. The largest absolute Gasteiger partial charge is 0.497 e. The van der Waals surface area contributed by atoms with Gasteiger partial charge in [0.15, 0.2) is 0 Å². The maximum absolute atomic E-state index is 13.3. The van der Waals surface area contributed by atoms with Crippen molar-refractivity contribution < 1.29 is 14.3 Å². The van der Waals surface area contributed by atoms with Crippen LogP contribution in [0.3, 0.4) is 0 Å². The van der Waals surface area contributed by atoms with Crippen molar-refractivity contribution in [3.63, 3.8) is 0 Å². The number of ether oxygens (including phenoxy) is 1. The van der Waals surface area contributed by atoms with Gasteiger partial charge in [-0.2, -0.15) is 0 Å². The van der Waals surface area contributed by atoms with Crippen molar-refractivity contribution in [3.05, 3.63) is 29.8 Å². The van der Waals surface area contributed by atoms with E-state index in [1.807, 2.05) is 43.3 Å². The number of hydrogen-bond donors (Lipinski definition) is 0. The molecular weight excluding hydrogens is 378 g/mol. The molecule has 1 aliphatic carbocycles. The van der Waals surface area contributed by atoms with Gasteiger partial charge in [0.25, 0.3) is 5.91 Å². The number of nitrogens with zero attached hydrogens (tertiary/aromatic N) is 3. The highest BCUT2D eigenvalue weighted by Gasteiger charge is 2.64. The van der Waals surface area contributed by atoms with E-state index >= 15 is 0 Å². The van der Waals surface area contributed by atoms with Gasteiger partial charge < -0.3 is 19.4 Å². The van der Waals surface area contributed by atoms with Gasteiger partial charge in [0.2, 0.25) is 5.91 Å². The second kappa shape index (κ2) is 7.88. The summed E-state index contributed by atoms with van der Waals surface area (Å²) in [6.45, 7) is 6.63. The minimum absolute atomic E-state index is 0.0824. The SMILES string of the molecule is CCN1C[C@H]2C3(CCN(C(=O)c4cccc(OC)c4)CC3)CC[C@@]2(C(=O)N(C)C)C1. The fourth-order valence-electron chi connectivity index (χ4n) is 6.39. The third-order valence-electron chi connectivity index (χ3n) is 8.06. The maximum atomic E-state index is 13.3. The lowest BCUT2D eigenvalue weighted by atomic mass is 9.65. The van der Waals surface area contributed by atoms with Crippen molar-refractivity contribution >= 4 is 11.8 Å². The van der Waals surface area contributed by atoms with E-state index in [0.717, 1.165) is 58.4 Å². The fraction of sp³-hybridized carbons (Fsp3) is 0.667. The summed E-state index contributed by atoms with van der Waals surface area (Å²) in [6.07, 6.45) is 4.08. The zero-order valence-corrected chi connectivity index (χ0v) is 18.8. The molecule has 1 aromatic rings. The smallest absolute Gasteiger partial charge is 0.253 e. The second-order valence-corrected chi connectivity index (χ2v) is 9.62. The third-order valence-corrected chi connectivity index (χ3v) is 8.06. The number of carbonyl (C=O) groups excluding carboxylic acids is 2. The molecule has 2 amide bonds. The Morgan fingerprint density at radius 1 is 1.17 bits per heavy atom. The van der Waals surface area contributed by atoms with Gasteiger partial charge in [0.05, 0.1) is 12.5 Å². The maximum Gasteiger partial charge on any atom is 0.253 e. The molecule has 0 aromatic heterocycles. The van der Waals surface area contributed by atoms with E-state index in [0.29, 0.717) is 23.1 Å². The van der Waals surface area contributed by atoms with E-state index in [1.165, 1.54) is 0 Å². The molecule has 6 heteroatoms. The normalized spacial score (nSPS) is 27.9. The van der Waals surface area contributed by atoms with Gasteiger partial charge in [-0.3, -0.25) is 9.59 Å². The van der Waals surface area contributed by atoms with E-state index in [4.69, 9.17) is 4.74 Å². The fourth-order valence-corrected chi connectivity index (χ4v) is 6.39. The molecule has 2 atom stereocenters.